The Morgan fingerprint density at radius 2 is 1.62 bits per heavy atom. The van der Waals surface area contributed by atoms with Crippen LogP contribution in [0, 0.1) is 0 Å². The van der Waals surface area contributed by atoms with Gasteiger partial charge in [-0.05, 0) is 0 Å². The van der Waals surface area contributed by atoms with Crippen molar-refractivity contribution in [1.29, 1.82) is 0 Å². The first-order valence-corrected chi connectivity index (χ1v) is 10.4. The summed E-state index contributed by atoms with van der Waals surface area (Å²) < 4.78 is 0. The van der Waals surface area contributed by atoms with Crippen LogP contribution in [-0.4, -0.2) is 15.1 Å². The molecule has 0 fully saturated rings. The molecule has 1 aliphatic rings. The van der Waals surface area contributed by atoms with Gasteiger partial charge >= 0.3 is 107 Å². The molecule has 0 spiro atoms. The molecule has 0 aliphatic carbocycles. The van der Waals surface area contributed by atoms with E-state index in [9.17, 15) is 0 Å². The number of fused-ring (bicyclic) bond motifs is 1. The van der Waals surface area contributed by atoms with E-state index < -0.39 is 4.86 Å². The van der Waals surface area contributed by atoms with Gasteiger partial charge in [0.15, 0.2) is 0 Å². The van der Waals surface area contributed by atoms with Crippen LogP contribution in [-0.2, 0) is 0 Å². The molecular formula is C12H10NPSSe. The molecule has 0 saturated carbocycles. The third kappa shape index (κ3) is 1.78. The Balaban J connectivity index is 2.04. The Labute approximate surface area is 107 Å². The van der Waals surface area contributed by atoms with Crippen molar-refractivity contribution < 1.29 is 0 Å². The van der Waals surface area contributed by atoms with Crippen LogP contribution in [0.1, 0.15) is 0 Å². The Bertz CT molecular complexity index is 541. The number of hydrogen-bond donors (Lipinski definition) is 1. The summed E-state index contributed by atoms with van der Waals surface area (Å²) in [4.78, 5) is -0.0668. The van der Waals surface area contributed by atoms with Crippen LogP contribution < -0.4 is 10.4 Å². The topological polar surface area (TPSA) is 12.0 Å². The molecule has 0 unspecified atom stereocenters. The summed E-state index contributed by atoms with van der Waals surface area (Å²) in [5, 5.41) is 5.02. The van der Waals surface area contributed by atoms with E-state index in [4.69, 9.17) is 0 Å². The van der Waals surface area contributed by atoms with Crippen molar-refractivity contribution in [2.75, 3.05) is 5.09 Å². The van der Waals surface area contributed by atoms with Crippen LogP contribution in [0.2, 0.25) is 0 Å². The number of anilines is 1. The van der Waals surface area contributed by atoms with Crippen molar-refractivity contribution in [2.45, 2.75) is 4.90 Å². The van der Waals surface area contributed by atoms with Gasteiger partial charge in [0, 0.05) is 0 Å². The monoisotopic (exact) mass is 311 g/mol. The van der Waals surface area contributed by atoms with E-state index in [1.54, 1.807) is 0 Å². The van der Waals surface area contributed by atoms with Crippen LogP contribution in [0.5, 0.6) is 0 Å². The van der Waals surface area contributed by atoms with E-state index in [2.05, 4.69) is 74.8 Å². The number of nitrogens with one attached hydrogen (secondary N) is 1. The Morgan fingerprint density at radius 3 is 2.38 bits per heavy atom. The Morgan fingerprint density at radius 1 is 0.938 bits per heavy atom. The van der Waals surface area contributed by atoms with E-state index in [1.165, 1.54) is 15.9 Å². The molecule has 2 aromatic carbocycles. The van der Waals surface area contributed by atoms with Crippen LogP contribution in [0.3, 0.4) is 0 Å². The third-order valence-corrected chi connectivity index (χ3v) is 10.4. The SMILES string of the molecule is [Se]=[P@]1(c2ccccc2)Nc2ccccc2S1. The van der Waals surface area contributed by atoms with Gasteiger partial charge < -0.3 is 0 Å². The number of benzene rings is 2. The average Bonchev–Trinajstić information content (AvgIpc) is 2.68. The normalized spacial score (nSPS) is 22.5. The van der Waals surface area contributed by atoms with Crippen molar-refractivity contribution in [2.24, 2.45) is 0 Å². The summed E-state index contributed by atoms with van der Waals surface area (Å²) in [6.45, 7) is 0. The molecule has 0 radical (unpaired) electrons. The van der Waals surface area contributed by atoms with Crippen molar-refractivity contribution in [3.63, 3.8) is 0 Å². The summed E-state index contributed by atoms with van der Waals surface area (Å²) in [6.07, 6.45) is 0. The molecule has 0 bridgehead atoms. The number of para-hydroxylation sites is 1. The Hall–Kier alpha value is -0.461. The fourth-order valence-corrected chi connectivity index (χ4v) is 9.09. The second-order valence-corrected chi connectivity index (χ2v) is 13.3. The van der Waals surface area contributed by atoms with Crippen LogP contribution >= 0.6 is 16.2 Å². The summed E-state index contributed by atoms with van der Waals surface area (Å²) in [7, 11) is 0. The van der Waals surface area contributed by atoms with Gasteiger partial charge in [0.25, 0.3) is 0 Å². The van der Waals surface area contributed by atoms with Crippen molar-refractivity contribution in [3.05, 3.63) is 54.6 Å². The second kappa shape index (κ2) is 4.09. The fraction of sp³-hybridized carbons (Fsp3) is 0. The molecule has 1 nitrogen and oxygen atoms in total. The minimum atomic E-state index is -1.41. The number of hydrogen-bond acceptors (Lipinski definition) is 2. The first-order valence-electron chi connectivity index (χ1n) is 5.00. The van der Waals surface area contributed by atoms with Crippen LogP contribution in [0.25, 0.3) is 0 Å². The molecule has 2 aromatic rings. The molecule has 80 valence electrons. The average molecular weight is 310 g/mol. The molecule has 1 atom stereocenters. The maximum atomic E-state index is 3.65. The van der Waals surface area contributed by atoms with E-state index in [0.717, 1.165) is 0 Å². The van der Waals surface area contributed by atoms with Gasteiger partial charge in [0.1, 0.15) is 0 Å². The molecular weight excluding hydrogens is 300 g/mol. The molecule has 3 rings (SSSR count). The molecule has 0 saturated heterocycles. The summed E-state index contributed by atoms with van der Waals surface area (Å²) in [6, 6.07) is 19.1. The minimum absolute atomic E-state index is 1.25. The van der Waals surface area contributed by atoms with Crippen molar-refractivity contribution in [1.82, 2.24) is 0 Å². The van der Waals surface area contributed by atoms with Gasteiger partial charge in [-0.25, -0.2) is 0 Å². The quantitative estimate of drug-likeness (QED) is 0.639. The van der Waals surface area contributed by atoms with Gasteiger partial charge in [-0.15, -0.1) is 0 Å². The standard InChI is InChI=1S/C12H10NPSSe/c16-14(10-6-2-1-3-7-10)13-11-8-4-5-9-12(11)15-14/h1-9H,(H,13,16)/t14-/m1/s1. The molecule has 1 heterocycles. The fourth-order valence-electron chi connectivity index (χ4n) is 1.70. The van der Waals surface area contributed by atoms with Crippen LogP contribution in [0.15, 0.2) is 59.5 Å². The zero-order valence-electron chi connectivity index (χ0n) is 8.46. The molecule has 1 aliphatic heterocycles. The Kier molecular flexibility index (Phi) is 2.73. The van der Waals surface area contributed by atoms with E-state index in [1.807, 2.05) is 11.4 Å². The predicted octanol–water partition coefficient (Wildman–Crippen LogP) is 3.46. The van der Waals surface area contributed by atoms with Gasteiger partial charge in [-0.2, -0.15) is 0 Å². The first-order chi connectivity index (χ1) is 7.78. The zero-order valence-corrected chi connectivity index (χ0v) is 11.9. The molecule has 16 heavy (non-hydrogen) atoms. The van der Waals surface area contributed by atoms with Gasteiger partial charge in [-0.3, -0.25) is 0 Å². The summed E-state index contributed by atoms with van der Waals surface area (Å²) in [5.41, 5.74) is 1.25. The summed E-state index contributed by atoms with van der Waals surface area (Å²) in [5.74, 6) is 0. The molecule has 1 N–H and O–H groups in total. The molecule has 0 aromatic heterocycles. The summed E-state index contributed by atoms with van der Waals surface area (Å²) >= 11 is 5.31. The van der Waals surface area contributed by atoms with Gasteiger partial charge in [-0.1, -0.05) is 0 Å². The van der Waals surface area contributed by atoms with Crippen molar-refractivity contribution >= 4 is 42.3 Å². The molecule has 4 heteroatoms. The zero-order chi connectivity index (χ0) is 11.0. The number of rotatable bonds is 1. The van der Waals surface area contributed by atoms with Crippen LogP contribution in [0.4, 0.5) is 5.69 Å². The third-order valence-electron chi connectivity index (χ3n) is 2.48. The van der Waals surface area contributed by atoms with Gasteiger partial charge in [0.2, 0.25) is 0 Å². The molecule has 0 amide bonds. The van der Waals surface area contributed by atoms with Crippen molar-refractivity contribution in [3.8, 4) is 0 Å². The van der Waals surface area contributed by atoms with E-state index in [0.29, 0.717) is 0 Å². The second-order valence-electron chi connectivity index (χ2n) is 3.59. The van der Waals surface area contributed by atoms with E-state index >= 15 is 0 Å². The van der Waals surface area contributed by atoms with E-state index in [-0.39, 0.29) is 0 Å². The predicted molar refractivity (Wildman–Crippen MR) is 74.7 cm³/mol. The van der Waals surface area contributed by atoms with Gasteiger partial charge in [0.05, 0.1) is 0 Å². The first kappa shape index (κ1) is 10.7. The maximum absolute atomic E-state index is 3.65.